The molecule has 2 aromatic rings. The lowest BCUT2D eigenvalue weighted by molar-refractivity contribution is -0.121. The number of hydrogen-bond acceptors (Lipinski definition) is 3. The lowest BCUT2D eigenvalue weighted by Gasteiger charge is -2.12. The van der Waals surface area contributed by atoms with Gasteiger partial charge in [-0.15, -0.1) is 0 Å². The Morgan fingerprint density at radius 2 is 1.79 bits per heavy atom. The minimum absolute atomic E-state index is 0.00413. The number of amides is 1. The summed E-state index contributed by atoms with van der Waals surface area (Å²) in [5.74, 6) is 0.897. The van der Waals surface area contributed by atoms with Crippen molar-refractivity contribution < 1.29 is 9.53 Å². The van der Waals surface area contributed by atoms with Crippen molar-refractivity contribution >= 4 is 5.91 Å². The fraction of sp³-hybridized carbons (Fsp3) is 0.300. The maximum absolute atomic E-state index is 11.9. The van der Waals surface area contributed by atoms with E-state index in [0.29, 0.717) is 31.6 Å². The molecule has 4 heteroatoms. The predicted octanol–water partition coefficient (Wildman–Crippen LogP) is 3.30. The fourth-order valence-corrected chi connectivity index (χ4v) is 2.46. The Morgan fingerprint density at radius 1 is 1.12 bits per heavy atom. The van der Waals surface area contributed by atoms with Gasteiger partial charge in [0.05, 0.1) is 18.2 Å². The van der Waals surface area contributed by atoms with Crippen LogP contribution in [0.4, 0.5) is 0 Å². The number of aryl methyl sites for hydroxylation is 3. The Labute approximate surface area is 143 Å². The van der Waals surface area contributed by atoms with E-state index in [9.17, 15) is 4.79 Å². The Bertz CT molecular complexity index is 710. The van der Waals surface area contributed by atoms with Crippen LogP contribution in [0.3, 0.4) is 0 Å². The summed E-state index contributed by atoms with van der Waals surface area (Å²) >= 11 is 0. The van der Waals surface area contributed by atoms with Crippen molar-refractivity contribution in [2.45, 2.75) is 26.7 Å². The molecule has 0 fully saturated rings. The quantitative estimate of drug-likeness (QED) is 0.796. The highest BCUT2D eigenvalue weighted by atomic mass is 16.5. The molecule has 4 nitrogen and oxygen atoms in total. The second-order valence-corrected chi connectivity index (χ2v) is 5.73. The van der Waals surface area contributed by atoms with Crippen LogP contribution in [-0.2, 0) is 11.2 Å². The molecule has 0 unspecified atom stereocenters. The van der Waals surface area contributed by atoms with Crippen LogP contribution < -0.4 is 10.1 Å². The summed E-state index contributed by atoms with van der Waals surface area (Å²) in [6.07, 6.45) is 1.09. The molecule has 0 atom stereocenters. The van der Waals surface area contributed by atoms with Crippen molar-refractivity contribution in [2.24, 2.45) is 0 Å². The van der Waals surface area contributed by atoms with E-state index in [-0.39, 0.29) is 5.91 Å². The van der Waals surface area contributed by atoms with Crippen molar-refractivity contribution in [3.05, 3.63) is 64.7 Å². The van der Waals surface area contributed by atoms with E-state index >= 15 is 0 Å². The maximum Gasteiger partial charge on any atom is 0.220 e. The number of rotatable bonds is 7. The summed E-state index contributed by atoms with van der Waals surface area (Å²) < 4.78 is 5.76. The summed E-state index contributed by atoms with van der Waals surface area (Å²) in [6, 6.07) is 15.4. The number of benzene rings is 2. The zero-order valence-corrected chi connectivity index (χ0v) is 14.1. The average Bonchev–Trinajstić information content (AvgIpc) is 2.59. The highest BCUT2D eigenvalue weighted by Crippen LogP contribution is 2.21. The number of carbonyl (C=O) groups excluding carboxylic acids is 1. The Hall–Kier alpha value is -2.80. The van der Waals surface area contributed by atoms with Crippen molar-refractivity contribution in [3.8, 4) is 11.8 Å². The molecule has 2 rings (SSSR count). The van der Waals surface area contributed by atoms with Crippen LogP contribution in [0.5, 0.6) is 5.75 Å². The largest absolute Gasteiger partial charge is 0.491 e. The summed E-state index contributed by atoms with van der Waals surface area (Å²) in [7, 11) is 0. The van der Waals surface area contributed by atoms with E-state index in [4.69, 9.17) is 10.00 Å². The topological polar surface area (TPSA) is 62.1 Å². The maximum atomic E-state index is 11.9. The van der Waals surface area contributed by atoms with Gasteiger partial charge < -0.3 is 10.1 Å². The van der Waals surface area contributed by atoms with Crippen LogP contribution in [0.2, 0.25) is 0 Å². The van der Waals surface area contributed by atoms with Gasteiger partial charge in [0.1, 0.15) is 12.4 Å². The van der Waals surface area contributed by atoms with E-state index in [1.165, 1.54) is 0 Å². The normalized spacial score (nSPS) is 10.0. The van der Waals surface area contributed by atoms with Crippen LogP contribution in [0.1, 0.15) is 28.7 Å². The van der Waals surface area contributed by atoms with Gasteiger partial charge in [-0.3, -0.25) is 4.79 Å². The molecule has 0 radical (unpaired) electrons. The third-order valence-corrected chi connectivity index (χ3v) is 3.80. The summed E-state index contributed by atoms with van der Waals surface area (Å²) in [5.41, 5.74) is 3.88. The van der Waals surface area contributed by atoms with Crippen LogP contribution in [0.15, 0.2) is 42.5 Å². The van der Waals surface area contributed by atoms with Gasteiger partial charge in [-0.2, -0.15) is 5.26 Å². The molecule has 24 heavy (non-hydrogen) atoms. The van der Waals surface area contributed by atoms with E-state index in [2.05, 4.69) is 11.4 Å². The molecular weight excluding hydrogens is 300 g/mol. The molecule has 0 saturated carbocycles. The first-order chi connectivity index (χ1) is 11.6. The Kier molecular flexibility index (Phi) is 6.39. The smallest absolute Gasteiger partial charge is 0.220 e. The number of carbonyl (C=O) groups is 1. The number of nitrogens with zero attached hydrogens (tertiary/aromatic N) is 1. The van der Waals surface area contributed by atoms with Gasteiger partial charge in [0.15, 0.2) is 0 Å². The minimum Gasteiger partial charge on any atom is -0.491 e. The molecule has 1 amide bonds. The van der Waals surface area contributed by atoms with Crippen LogP contribution in [-0.4, -0.2) is 19.1 Å². The zero-order chi connectivity index (χ0) is 17.4. The molecule has 0 saturated heterocycles. The second kappa shape index (κ2) is 8.73. The van der Waals surface area contributed by atoms with Crippen molar-refractivity contribution in [1.29, 1.82) is 5.26 Å². The first kappa shape index (κ1) is 17.6. The molecule has 0 bridgehead atoms. The third kappa shape index (κ3) is 5.13. The summed E-state index contributed by atoms with van der Waals surface area (Å²) in [5, 5.41) is 11.6. The van der Waals surface area contributed by atoms with Gasteiger partial charge in [0.2, 0.25) is 5.91 Å². The third-order valence-electron chi connectivity index (χ3n) is 3.80. The predicted molar refractivity (Wildman–Crippen MR) is 93.9 cm³/mol. The zero-order valence-electron chi connectivity index (χ0n) is 14.1. The second-order valence-electron chi connectivity index (χ2n) is 5.73. The molecule has 2 aromatic carbocycles. The van der Waals surface area contributed by atoms with Gasteiger partial charge in [0.25, 0.3) is 0 Å². The first-order valence-electron chi connectivity index (χ1n) is 8.05. The summed E-state index contributed by atoms with van der Waals surface area (Å²) in [6.45, 7) is 4.96. The molecule has 0 aromatic heterocycles. The molecule has 0 heterocycles. The fourth-order valence-electron chi connectivity index (χ4n) is 2.46. The first-order valence-corrected chi connectivity index (χ1v) is 8.05. The highest BCUT2D eigenvalue weighted by Gasteiger charge is 2.05. The lowest BCUT2D eigenvalue weighted by Crippen LogP contribution is -2.28. The number of hydrogen-bond donors (Lipinski definition) is 1. The number of nitrogens with one attached hydrogen (secondary N) is 1. The van der Waals surface area contributed by atoms with E-state index in [0.717, 1.165) is 22.4 Å². The molecule has 0 aliphatic heterocycles. The van der Waals surface area contributed by atoms with Gasteiger partial charge >= 0.3 is 0 Å². The average molecular weight is 322 g/mol. The van der Waals surface area contributed by atoms with Crippen molar-refractivity contribution in [1.82, 2.24) is 5.32 Å². The molecule has 0 spiro atoms. The van der Waals surface area contributed by atoms with Gasteiger partial charge in [-0.25, -0.2) is 0 Å². The molecule has 1 N–H and O–H groups in total. The van der Waals surface area contributed by atoms with Crippen LogP contribution >= 0.6 is 0 Å². The number of nitriles is 1. The van der Waals surface area contributed by atoms with Crippen molar-refractivity contribution in [2.75, 3.05) is 13.2 Å². The highest BCUT2D eigenvalue weighted by molar-refractivity contribution is 5.76. The van der Waals surface area contributed by atoms with Crippen molar-refractivity contribution in [3.63, 3.8) is 0 Å². The van der Waals surface area contributed by atoms with E-state index in [1.54, 1.807) is 12.1 Å². The SMILES string of the molecule is Cc1cccc(C)c1OCCNC(=O)CCc1ccc(C#N)cc1. The van der Waals surface area contributed by atoms with Crippen LogP contribution in [0.25, 0.3) is 0 Å². The standard InChI is InChI=1S/C20H22N2O2/c1-15-4-3-5-16(2)20(15)24-13-12-22-19(23)11-10-17-6-8-18(14-21)9-7-17/h3-9H,10-13H2,1-2H3,(H,22,23). The lowest BCUT2D eigenvalue weighted by atomic mass is 10.1. The van der Waals surface area contributed by atoms with Gasteiger partial charge in [-0.05, 0) is 49.1 Å². The minimum atomic E-state index is 0.00413. The van der Waals surface area contributed by atoms with E-state index < -0.39 is 0 Å². The molecular formula is C20H22N2O2. The molecule has 0 aliphatic rings. The van der Waals surface area contributed by atoms with Gasteiger partial charge in [0, 0.05) is 6.42 Å². The number of para-hydroxylation sites is 1. The van der Waals surface area contributed by atoms with Gasteiger partial charge in [-0.1, -0.05) is 30.3 Å². The monoisotopic (exact) mass is 322 g/mol. The Balaban J connectivity index is 1.69. The summed E-state index contributed by atoms with van der Waals surface area (Å²) in [4.78, 5) is 11.9. The Morgan fingerprint density at radius 3 is 2.42 bits per heavy atom. The molecule has 0 aliphatic carbocycles. The number of ether oxygens (including phenoxy) is 1. The van der Waals surface area contributed by atoms with E-state index in [1.807, 2.05) is 44.2 Å². The molecule has 124 valence electrons. The van der Waals surface area contributed by atoms with Crippen LogP contribution in [0, 0.1) is 25.2 Å².